The number of nitrogens with two attached hydrogens (primary N) is 1. The lowest BCUT2D eigenvalue weighted by Gasteiger charge is -2.14. The van der Waals surface area contributed by atoms with Crippen LogP contribution < -0.4 is 16.4 Å². The molecule has 7 heteroatoms. The van der Waals surface area contributed by atoms with E-state index in [0.717, 1.165) is 0 Å². The zero-order chi connectivity index (χ0) is 15.3. The van der Waals surface area contributed by atoms with Gasteiger partial charge in [-0.1, -0.05) is 0 Å². The lowest BCUT2D eigenvalue weighted by molar-refractivity contribution is -0.118. The van der Waals surface area contributed by atoms with Crippen LogP contribution in [0.2, 0.25) is 0 Å². The van der Waals surface area contributed by atoms with Crippen molar-refractivity contribution in [2.75, 3.05) is 5.32 Å². The lowest BCUT2D eigenvalue weighted by Crippen LogP contribution is -2.38. The van der Waals surface area contributed by atoms with Crippen LogP contribution in [-0.2, 0) is 4.79 Å². The van der Waals surface area contributed by atoms with Crippen molar-refractivity contribution in [3.8, 4) is 0 Å². The number of anilines is 1. The highest BCUT2D eigenvalue weighted by Gasteiger charge is 2.11. The van der Waals surface area contributed by atoms with Gasteiger partial charge in [0, 0.05) is 18.2 Å². The van der Waals surface area contributed by atoms with Gasteiger partial charge >= 0.3 is 12.0 Å². The Labute approximate surface area is 116 Å². The average molecular weight is 279 g/mol. The highest BCUT2D eigenvalue weighted by molar-refractivity contribution is 5.93. The van der Waals surface area contributed by atoms with Gasteiger partial charge < -0.3 is 21.5 Å². The Morgan fingerprint density at radius 3 is 2.50 bits per heavy atom. The van der Waals surface area contributed by atoms with Crippen molar-refractivity contribution in [1.82, 2.24) is 5.32 Å². The summed E-state index contributed by atoms with van der Waals surface area (Å²) in [5.41, 5.74) is 6.30. The largest absolute Gasteiger partial charge is 0.478 e. The van der Waals surface area contributed by atoms with Gasteiger partial charge in [-0.15, -0.1) is 0 Å². The predicted octanol–water partition coefficient (Wildman–Crippen LogP) is 1.08. The third-order valence-corrected chi connectivity index (χ3v) is 2.61. The fraction of sp³-hybridized carbons (Fsp3) is 0.308. The van der Waals surface area contributed by atoms with E-state index in [9.17, 15) is 14.4 Å². The zero-order valence-corrected chi connectivity index (χ0v) is 11.3. The molecule has 0 saturated heterocycles. The number of carbonyl (C=O) groups is 3. The van der Waals surface area contributed by atoms with Crippen molar-refractivity contribution in [1.29, 1.82) is 0 Å². The molecule has 0 aromatic heterocycles. The number of aryl methyl sites for hydroxylation is 1. The smallest absolute Gasteiger partial charge is 0.335 e. The average Bonchev–Trinajstić information content (AvgIpc) is 2.30. The SMILES string of the molecule is Cc1cc(C(=O)O)ccc1NC(=O)NC(C)CC(N)=O. The molecule has 1 aromatic rings. The van der Waals surface area contributed by atoms with Crippen molar-refractivity contribution in [3.63, 3.8) is 0 Å². The highest BCUT2D eigenvalue weighted by Crippen LogP contribution is 2.16. The summed E-state index contributed by atoms with van der Waals surface area (Å²) in [6.07, 6.45) is 0.0460. The Kier molecular flexibility index (Phi) is 5.08. The fourth-order valence-corrected chi connectivity index (χ4v) is 1.67. The van der Waals surface area contributed by atoms with E-state index in [-0.39, 0.29) is 18.0 Å². The standard InChI is InChI=1S/C13H17N3O4/c1-7-5-9(12(18)19)3-4-10(7)16-13(20)15-8(2)6-11(14)17/h3-5,8H,6H2,1-2H3,(H2,14,17)(H,18,19)(H2,15,16,20). The maximum absolute atomic E-state index is 11.7. The zero-order valence-electron chi connectivity index (χ0n) is 11.3. The van der Waals surface area contributed by atoms with E-state index in [1.165, 1.54) is 18.2 Å². The summed E-state index contributed by atoms with van der Waals surface area (Å²) in [7, 11) is 0. The highest BCUT2D eigenvalue weighted by atomic mass is 16.4. The number of nitrogens with one attached hydrogen (secondary N) is 2. The Bertz CT molecular complexity index is 542. The molecule has 0 radical (unpaired) electrons. The minimum absolute atomic E-state index is 0.0460. The maximum atomic E-state index is 11.7. The normalized spacial score (nSPS) is 11.5. The minimum atomic E-state index is -1.03. The Hall–Kier alpha value is -2.57. The predicted molar refractivity (Wildman–Crippen MR) is 73.6 cm³/mol. The van der Waals surface area contributed by atoms with Gasteiger partial charge in [-0.2, -0.15) is 0 Å². The first kappa shape index (κ1) is 15.5. The number of rotatable bonds is 5. The molecule has 0 bridgehead atoms. The monoisotopic (exact) mass is 279 g/mol. The molecule has 0 heterocycles. The van der Waals surface area contributed by atoms with Gasteiger partial charge in [-0.25, -0.2) is 9.59 Å². The van der Waals surface area contributed by atoms with E-state index in [1.54, 1.807) is 13.8 Å². The molecule has 3 amide bonds. The number of benzene rings is 1. The molecule has 1 rings (SSSR count). The lowest BCUT2D eigenvalue weighted by atomic mass is 10.1. The van der Waals surface area contributed by atoms with E-state index >= 15 is 0 Å². The summed E-state index contributed by atoms with van der Waals surface area (Å²) in [6, 6.07) is 3.51. The quantitative estimate of drug-likeness (QED) is 0.644. The number of primary amides is 1. The van der Waals surface area contributed by atoms with Gasteiger partial charge in [0.25, 0.3) is 0 Å². The topological polar surface area (TPSA) is 122 Å². The molecule has 0 spiro atoms. The van der Waals surface area contributed by atoms with Crippen molar-refractivity contribution in [2.45, 2.75) is 26.3 Å². The number of hydrogen-bond donors (Lipinski definition) is 4. The van der Waals surface area contributed by atoms with Gasteiger partial charge in [0.1, 0.15) is 0 Å². The third kappa shape index (κ3) is 4.60. The van der Waals surface area contributed by atoms with Gasteiger partial charge in [0.2, 0.25) is 5.91 Å². The maximum Gasteiger partial charge on any atom is 0.335 e. The molecule has 1 atom stereocenters. The fourth-order valence-electron chi connectivity index (χ4n) is 1.67. The molecule has 5 N–H and O–H groups in total. The number of carboxylic acids is 1. The first-order chi connectivity index (χ1) is 9.29. The van der Waals surface area contributed by atoms with E-state index in [2.05, 4.69) is 10.6 Å². The minimum Gasteiger partial charge on any atom is -0.478 e. The molecule has 0 aliphatic carbocycles. The van der Waals surface area contributed by atoms with Crippen LogP contribution in [0.3, 0.4) is 0 Å². The molecule has 0 aliphatic heterocycles. The summed E-state index contributed by atoms with van der Waals surface area (Å²) in [4.78, 5) is 33.2. The van der Waals surface area contributed by atoms with Gasteiger partial charge in [0.05, 0.1) is 5.56 Å². The second-order valence-electron chi connectivity index (χ2n) is 4.50. The molecule has 0 aliphatic rings. The summed E-state index contributed by atoms with van der Waals surface area (Å²) in [6.45, 7) is 3.35. The number of amides is 3. The Morgan fingerprint density at radius 2 is 2.00 bits per heavy atom. The van der Waals surface area contributed by atoms with Crippen molar-refractivity contribution in [2.24, 2.45) is 5.73 Å². The number of urea groups is 1. The third-order valence-electron chi connectivity index (χ3n) is 2.61. The molecule has 7 nitrogen and oxygen atoms in total. The number of carbonyl (C=O) groups excluding carboxylic acids is 2. The second-order valence-corrected chi connectivity index (χ2v) is 4.50. The van der Waals surface area contributed by atoms with E-state index < -0.39 is 17.9 Å². The molecule has 20 heavy (non-hydrogen) atoms. The summed E-state index contributed by atoms with van der Waals surface area (Å²) in [5, 5.41) is 14.0. The van der Waals surface area contributed by atoms with Crippen molar-refractivity contribution in [3.05, 3.63) is 29.3 Å². The summed E-state index contributed by atoms with van der Waals surface area (Å²) < 4.78 is 0. The second kappa shape index (κ2) is 6.55. The van der Waals surface area contributed by atoms with Crippen molar-refractivity contribution < 1.29 is 19.5 Å². The van der Waals surface area contributed by atoms with Crippen LogP contribution >= 0.6 is 0 Å². The first-order valence-electron chi connectivity index (χ1n) is 5.99. The van der Waals surface area contributed by atoms with Gasteiger partial charge in [0.15, 0.2) is 0 Å². The molecule has 108 valence electrons. The van der Waals surface area contributed by atoms with E-state index in [4.69, 9.17) is 10.8 Å². The molecule has 1 unspecified atom stereocenters. The summed E-state index contributed by atoms with van der Waals surface area (Å²) >= 11 is 0. The Morgan fingerprint density at radius 1 is 1.35 bits per heavy atom. The number of carboxylic acid groups (broad SMARTS) is 1. The Balaban J connectivity index is 2.67. The molecular formula is C13H17N3O4. The van der Waals surface area contributed by atoms with Crippen LogP contribution in [0.15, 0.2) is 18.2 Å². The van der Waals surface area contributed by atoms with Crippen LogP contribution in [0.25, 0.3) is 0 Å². The van der Waals surface area contributed by atoms with Crippen molar-refractivity contribution >= 4 is 23.6 Å². The van der Waals surface area contributed by atoms with Crippen LogP contribution in [0.1, 0.15) is 29.3 Å². The summed E-state index contributed by atoms with van der Waals surface area (Å²) in [5.74, 6) is -1.53. The van der Waals surface area contributed by atoms with Crippen LogP contribution in [0.4, 0.5) is 10.5 Å². The van der Waals surface area contributed by atoms with Crippen LogP contribution in [0.5, 0.6) is 0 Å². The number of aromatic carboxylic acids is 1. The van der Waals surface area contributed by atoms with E-state index in [0.29, 0.717) is 11.3 Å². The van der Waals surface area contributed by atoms with Crippen LogP contribution in [0, 0.1) is 6.92 Å². The molecular weight excluding hydrogens is 262 g/mol. The van der Waals surface area contributed by atoms with Gasteiger partial charge in [-0.05, 0) is 37.6 Å². The molecule has 0 fully saturated rings. The molecule has 1 aromatic carbocycles. The van der Waals surface area contributed by atoms with Gasteiger partial charge in [-0.3, -0.25) is 4.79 Å². The number of hydrogen-bond acceptors (Lipinski definition) is 3. The first-order valence-corrected chi connectivity index (χ1v) is 5.99. The van der Waals surface area contributed by atoms with E-state index in [1.807, 2.05) is 0 Å². The van der Waals surface area contributed by atoms with Crippen LogP contribution in [-0.4, -0.2) is 29.1 Å². The molecule has 0 saturated carbocycles.